The monoisotopic (exact) mass is 131 g/mol. The van der Waals surface area contributed by atoms with Gasteiger partial charge < -0.3 is 4.90 Å². The van der Waals surface area contributed by atoms with Crippen LogP contribution >= 0.6 is 0 Å². The molecule has 2 atom stereocenters. The van der Waals surface area contributed by atoms with Crippen molar-refractivity contribution in [2.75, 3.05) is 14.1 Å². The molecule has 1 fully saturated rings. The van der Waals surface area contributed by atoms with Gasteiger partial charge in [0.1, 0.15) is 6.17 Å². The minimum atomic E-state index is -0.569. The average Bonchev–Trinajstić information content (AvgIpc) is 2.13. The van der Waals surface area contributed by atoms with E-state index in [9.17, 15) is 4.39 Å². The Balaban J connectivity index is 2.40. The van der Waals surface area contributed by atoms with Crippen LogP contribution in [0.2, 0.25) is 0 Å². The quantitative estimate of drug-likeness (QED) is 0.520. The molecule has 0 N–H and O–H groups in total. The summed E-state index contributed by atoms with van der Waals surface area (Å²) in [5.74, 6) is 0. The minimum Gasteiger partial charge on any atom is -0.304 e. The Labute approximate surface area is 55.8 Å². The number of nitrogens with zero attached hydrogens (tertiary/aromatic N) is 1. The molecule has 2 heteroatoms. The summed E-state index contributed by atoms with van der Waals surface area (Å²) in [6, 6.07) is 0.199. The van der Waals surface area contributed by atoms with Crippen LogP contribution in [0.5, 0.6) is 0 Å². The zero-order valence-corrected chi connectivity index (χ0v) is 6.10. The Morgan fingerprint density at radius 1 is 1.33 bits per heavy atom. The Bertz CT molecular complexity index is 92.9. The van der Waals surface area contributed by atoms with Crippen LogP contribution in [0, 0.1) is 0 Å². The van der Waals surface area contributed by atoms with Crippen LogP contribution < -0.4 is 0 Å². The SMILES string of the molecule is CN(C)[C@@H]1CCC[C@@H]1F. The van der Waals surface area contributed by atoms with E-state index in [4.69, 9.17) is 0 Å². The molecule has 0 bridgehead atoms. The third kappa shape index (κ3) is 1.42. The number of rotatable bonds is 1. The predicted octanol–water partition coefficient (Wildman–Crippen LogP) is 1.44. The number of hydrogen-bond acceptors (Lipinski definition) is 1. The van der Waals surface area contributed by atoms with Gasteiger partial charge in [-0.05, 0) is 33.4 Å². The first-order valence-electron chi connectivity index (χ1n) is 3.52. The summed E-state index contributed by atoms with van der Waals surface area (Å²) < 4.78 is 12.8. The van der Waals surface area contributed by atoms with E-state index in [0.29, 0.717) is 0 Å². The molecule has 1 aliphatic rings. The molecular formula is C7H14FN. The van der Waals surface area contributed by atoms with Crippen molar-refractivity contribution in [3.63, 3.8) is 0 Å². The molecular weight excluding hydrogens is 117 g/mol. The molecule has 1 saturated carbocycles. The van der Waals surface area contributed by atoms with E-state index in [1.165, 1.54) is 0 Å². The van der Waals surface area contributed by atoms with E-state index in [-0.39, 0.29) is 6.04 Å². The van der Waals surface area contributed by atoms with Gasteiger partial charge >= 0.3 is 0 Å². The normalized spacial score (nSPS) is 36.0. The molecule has 0 aromatic rings. The van der Waals surface area contributed by atoms with Crippen LogP contribution in [0.15, 0.2) is 0 Å². The predicted molar refractivity (Wildman–Crippen MR) is 36.2 cm³/mol. The first-order valence-corrected chi connectivity index (χ1v) is 3.52. The maximum atomic E-state index is 12.8. The van der Waals surface area contributed by atoms with E-state index in [0.717, 1.165) is 19.3 Å². The molecule has 0 spiro atoms. The lowest BCUT2D eigenvalue weighted by molar-refractivity contribution is 0.186. The van der Waals surface area contributed by atoms with Gasteiger partial charge in [-0.25, -0.2) is 4.39 Å². The highest BCUT2D eigenvalue weighted by Gasteiger charge is 2.27. The van der Waals surface area contributed by atoms with Crippen LogP contribution in [0.25, 0.3) is 0 Å². The van der Waals surface area contributed by atoms with Gasteiger partial charge in [0, 0.05) is 6.04 Å². The van der Waals surface area contributed by atoms with Crippen molar-refractivity contribution in [3.05, 3.63) is 0 Å². The van der Waals surface area contributed by atoms with Gasteiger partial charge in [0.25, 0.3) is 0 Å². The van der Waals surface area contributed by atoms with E-state index in [1.54, 1.807) is 0 Å². The smallest absolute Gasteiger partial charge is 0.116 e. The van der Waals surface area contributed by atoms with Crippen molar-refractivity contribution in [2.45, 2.75) is 31.5 Å². The number of halogens is 1. The molecule has 0 saturated heterocycles. The third-order valence-corrected chi connectivity index (χ3v) is 2.06. The van der Waals surface area contributed by atoms with Crippen molar-refractivity contribution in [1.82, 2.24) is 4.90 Å². The fraction of sp³-hybridized carbons (Fsp3) is 1.00. The fourth-order valence-electron chi connectivity index (χ4n) is 1.48. The molecule has 0 aromatic carbocycles. The highest BCUT2D eigenvalue weighted by atomic mass is 19.1. The summed E-state index contributed by atoms with van der Waals surface area (Å²) in [7, 11) is 3.89. The number of hydrogen-bond donors (Lipinski definition) is 0. The zero-order chi connectivity index (χ0) is 6.85. The van der Waals surface area contributed by atoms with E-state index < -0.39 is 6.17 Å². The van der Waals surface area contributed by atoms with Gasteiger partial charge in [-0.2, -0.15) is 0 Å². The molecule has 0 heterocycles. The maximum absolute atomic E-state index is 12.8. The summed E-state index contributed by atoms with van der Waals surface area (Å²) in [5, 5.41) is 0. The van der Waals surface area contributed by atoms with Gasteiger partial charge in [-0.15, -0.1) is 0 Å². The molecule has 0 amide bonds. The maximum Gasteiger partial charge on any atom is 0.116 e. The topological polar surface area (TPSA) is 3.24 Å². The van der Waals surface area contributed by atoms with Crippen LogP contribution in [0.1, 0.15) is 19.3 Å². The van der Waals surface area contributed by atoms with Crippen LogP contribution in [-0.2, 0) is 0 Å². The Morgan fingerprint density at radius 2 is 2.00 bits per heavy atom. The largest absolute Gasteiger partial charge is 0.304 e. The molecule has 0 aromatic heterocycles. The van der Waals surface area contributed by atoms with Gasteiger partial charge in [0.05, 0.1) is 0 Å². The van der Waals surface area contributed by atoms with Crippen LogP contribution in [0.4, 0.5) is 4.39 Å². The van der Waals surface area contributed by atoms with Crippen molar-refractivity contribution >= 4 is 0 Å². The minimum absolute atomic E-state index is 0.199. The molecule has 1 aliphatic carbocycles. The zero-order valence-electron chi connectivity index (χ0n) is 6.10. The standard InChI is InChI=1S/C7H14FN/c1-9(2)7-5-3-4-6(7)8/h6-7H,3-5H2,1-2H3/t6-,7+/m0/s1. The van der Waals surface area contributed by atoms with Gasteiger partial charge in [-0.3, -0.25) is 0 Å². The van der Waals surface area contributed by atoms with Crippen molar-refractivity contribution in [3.8, 4) is 0 Å². The molecule has 1 nitrogen and oxygen atoms in total. The lowest BCUT2D eigenvalue weighted by Gasteiger charge is -2.20. The molecule has 1 rings (SSSR count). The molecule has 9 heavy (non-hydrogen) atoms. The number of alkyl halides is 1. The van der Waals surface area contributed by atoms with Crippen molar-refractivity contribution in [1.29, 1.82) is 0 Å². The second-order valence-electron chi connectivity index (χ2n) is 2.98. The molecule has 0 unspecified atom stereocenters. The summed E-state index contributed by atoms with van der Waals surface area (Å²) in [4.78, 5) is 1.98. The Morgan fingerprint density at radius 3 is 2.22 bits per heavy atom. The highest BCUT2D eigenvalue weighted by Crippen LogP contribution is 2.24. The average molecular weight is 131 g/mol. The van der Waals surface area contributed by atoms with E-state index in [2.05, 4.69) is 0 Å². The molecule has 0 radical (unpaired) electrons. The summed E-state index contributed by atoms with van der Waals surface area (Å²) >= 11 is 0. The first-order chi connectivity index (χ1) is 4.22. The Kier molecular flexibility index (Phi) is 2.06. The van der Waals surface area contributed by atoms with Gasteiger partial charge in [0.2, 0.25) is 0 Å². The summed E-state index contributed by atoms with van der Waals surface area (Å²) in [6.45, 7) is 0. The van der Waals surface area contributed by atoms with Crippen molar-refractivity contribution < 1.29 is 4.39 Å². The van der Waals surface area contributed by atoms with E-state index in [1.807, 2.05) is 19.0 Å². The fourth-order valence-corrected chi connectivity index (χ4v) is 1.48. The van der Waals surface area contributed by atoms with Crippen LogP contribution in [0.3, 0.4) is 0 Å². The second kappa shape index (κ2) is 2.65. The van der Waals surface area contributed by atoms with Crippen LogP contribution in [-0.4, -0.2) is 31.2 Å². The van der Waals surface area contributed by atoms with Gasteiger partial charge in [0.15, 0.2) is 0 Å². The first kappa shape index (κ1) is 7.00. The molecule has 0 aliphatic heterocycles. The lowest BCUT2D eigenvalue weighted by atomic mass is 10.2. The highest BCUT2D eigenvalue weighted by molar-refractivity contribution is 4.82. The third-order valence-electron chi connectivity index (χ3n) is 2.06. The molecule has 54 valence electrons. The lowest BCUT2D eigenvalue weighted by Crippen LogP contribution is -2.32. The van der Waals surface area contributed by atoms with E-state index >= 15 is 0 Å². The second-order valence-corrected chi connectivity index (χ2v) is 2.98. The summed E-state index contributed by atoms with van der Waals surface area (Å²) in [6.07, 6.45) is 2.29. The van der Waals surface area contributed by atoms with Crippen molar-refractivity contribution in [2.24, 2.45) is 0 Å². The summed E-state index contributed by atoms with van der Waals surface area (Å²) in [5.41, 5.74) is 0. The van der Waals surface area contributed by atoms with Gasteiger partial charge in [-0.1, -0.05) is 0 Å². The Hall–Kier alpha value is -0.110.